The summed E-state index contributed by atoms with van der Waals surface area (Å²) >= 11 is 17.8. The summed E-state index contributed by atoms with van der Waals surface area (Å²) in [4.78, 5) is 3.98. The molecular formula is C12H5Cl3N2. The van der Waals surface area contributed by atoms with Gasteiger partial charge in [0.05, 0.1) is 15.1 Å². The molecule has 0 atom stereocenters. The fourth-order valence-electron chi connectivity index (χ4n) is 1.44. The predicted octanol–water partition coefficient (Wildman–Crippen LogP) is 4.58. The van der Waals surface area contributed by atoms with Gasteiger partial charge in [-0.3, -0.25) is 0 Å². The predicted molar refractivity (Wildman–Crippen MR) is 69.4 cm³/mol. The van der Waals surface area contributed by atoms with Crippen LogP contribution in [0.5, 0.6) is 0 Å². The van der Waals surface area contributed by atoms with Crippen molar-refractivity contribution in [3.63, 3.8) is 0 Å². The van der Waals surface area contributed by atoms with Crippen LogP contribution < -0.4 is 0 Å². The lowest BCUT2D eigenvalue weighted by Gasteiger charge is -2.06. The van der Waals surface area contributed by atoms with Crippen molar-refractivity contribution in [3.05, 3.63) is 51.2 Å². The van der Waals surface area contributed by atoms with Crippen LogP contribution in [0.4, 0.5) is 0 Å². The van der Waals surface area contributed by atoms with Gasteiger partial charge in [-0.25, -0.2) is 4.98 Å². The SMILES string of the molecule is N#Cc1ncccc1-c1cc(Cl)c(Cl)c(Cl)c1. The first kappa shape index (κ1) is 12.2. The maximum atomic E-state index is 8.97. The topological polar surface area (TPSA) is 36.7 Å². The van der Waals surface area contributed by atoms with Gasteiger partial charge >= 0.3 is 0 Å². The second kappa shape index (κ2) is 4.93. The number of pyridine rings is 1. The number of benzene rings is 1. The van der Waals surface area contributed by atoms with Crippen LogP contribution in [0.1, 0.15) is 5.69 Å². The van der Waals surface area contributed by atoms with Crippen LogP contribution in [0.3, 0.4) is 0 Å². The molecule has 0 fully saturated rings. The highest BCUT2D eigenvalue weighted by atomic mass is 35.5. The molecule has 2 aromatic rings. The van der Waals surface area contributed by atoms with Crippen molar-refractivity contribution < 1.29 is 0 Å². The molecule has 2 nitrogen and oxygen atoms in total. The van der Waals surface area contributed by atoms with E-state index in [-0.39, 0.29) is 0 Å². The molecule has 0 amide bonds. The maximum Gasteiger partial charge on any atom is 0.148 e. The van der Waals surface area contributed by atoms with Gasteiger partial charge in [-0.05, 0) is 29.8 Å². The Bertz CT molecular complexity index is 594. The highest BCUT2D eigenvalue weighted by molar-refractivity contribution is 6.48. The van der Waals surface area contributed by atoms with E-state index in [0.717, 1.165) is 0 Å². The Morgan fingerprint density at radius 1 is 1.12 bits per heavy atom. The zero-order valence-corrected chi connectivity index (χ0v) is 10.7. The standard InChI is InChI=1S/C12H5Cl3N2/c13-9-4-7(5-10(14)12(9)15)8-2-1-3-17-11(8)6-16/h1-5H. The summed E-state index contributed by atoms with van der Waals surface area (Å²) in [5, 5.41) is 9.97. The summed E-state index contributed by atoms with van der Waals surface area (Å²) in [7, 11) is 0. The minimum atomic E-state index is 0.305. The number of nitriles is 1. The molecule has 0 saturated carbocycles. The van der Waals surface area contributed by atoms with Gasteiger partial charge in [0.25, 0.3) is 0 Å². The van der Waals surface area contributed by atoms with Gasteiger partial charge < -0.3 is 0 Å². The van der Waals surface area contributed by atoms with E-state index in [1.54, 1.807) is 30.5 Å². The van der Waals surface area contributed by atoms with Crippen molar-refractivity contribution in [3.8, 4) is 17.2 Å². The second-order valence-electron chi connectivity index (χ2n) is 3.27. The van der Waals surface area contributed by atoms with Crippen LogP contribution in [-0.2, 0) is 0 Å². The summed E-state index contributed by atoms with van der Waals surface area (Å²) in [6, 6.07) is 8.86. The Kier molecular flexibility index (Phi) is 3.54. The van der Waals surface area contributed by atoms with Crippen molar-refractivity contribution in [1.29, 1.82) is 5.26 Å². The average Bonchev–Trinajstić information content (AvgIpc) is 2.35. The number of hydrogen-bond donors (Lipinski definition) is 0. The normalized spacial score (nSPS) is 10.0. The molecule has 1 aromatic carbocycles. The number of hydrogen-bond acceptors (Lipinski definition) is 2. The van der Waals surface area contributed by atoms with E-state index in [1.807, 2.05) is 6.07 Å². The molecule has 17 heavy (non-hydrogen) atoms. The lowest BCUT2D eigenvalue weighted by Crippen LogP contribution is -1.88. The van der Waals surface area contributed by atoms with Gasteiger partial charge in [0.2, 0.25) is 0 Å². The summed E-state index contributed by atoms with van der Waals surface area (Å²) in [6.45, 7) is 0. The van der Waals surface area contributed by atoms with Crippen molar-refractivity contribution >= 4 is 34.8 Å². The Labute approximate surface area is 113 Å². The van der Waals surface area contributed by atoms with Gasteiger partial charge in [0, 0.05) is 11.8 Å². The molecule has 1 heterocycles. The highest BCUT2D eigenvalue weighted by Gasteiger charge is 2.10. The van der Waals surface area contributed by atoms with Gasteiger partial charge in [0.15, 0.2) is 0 Å². The fraction of sp³-hybridized carbons (Fsp3) is 0. The molecule has 0 aliphatic rings. The number of nitrogens with zero attached hydrogens (tertiary/aromatic N) is 2. The minimum absolute atomic E-state index is 0.305. The molecular weight excluding hydrogens is 279 g/mol. The Balaban J connectivity index is 2.66. The molecule has 0 radical (unpaired) electrons. The van der Waals surface area contributed by atoms with E-state index in [9.17, 15) is 0 Å². The number of rotatable bonds is 1. The first-order valence-electron chi connectivity index (χ1n) is 4.63. The zero-order chi connectivity index (χ0) is 12.4. The van der Waals surface area contributed by atoms with Crippen molar-refractivity contribution in [2.45, 2.75) is 0 Å². The third-order valence-corrected chi connectivity index (χ3v) is 3.41. The van der Waals surface area contributed by atoms with Crippen molar-refractivity contribution in [1.82, 2.24) is 4.98 Å². The lowest BCUT2D eigenvalue weighted by molar-refractivity contribution is 1.26. The van der Waals surface area contributed by atoms with E-state index in [4.69, 9.17) is 40.1 Å². The van der Waals surface area contributed by atoms with Gasteiger partial charge in [-0.2, -0.15) is 5.26 Å². The number of halogens is 3. The van der Waals surface area contributed by atoms with Gasteiger partial charge in [-0.1, -0.05) is 34.8 Å². The molecule has 84 valence electrons. The Morgan fingerprint density at radius 2 is 1.76 bits per heavy atom. The molecule has 5 heteroatoms. The third kappa shape index (κ3) is 2.37. The second-order valence-corrected chi connectivity index (χ2v) is 4.46. The van der Waals surface area contributed by atoms with Crippen LogP contribution in [0.15, 0.2) is 30.5 Å². The molecule has 0 N–H and O–H groups in total. The molecule has 1 aromatic heterocycles. The first-order chi connectivity index (χ1) is 8.13. The quantitative estimate of drug-likeness (QED) is 0.718. The van der Waals surface area contributed by atoms with Gasteiger partial charge in [-0.15, -0.1) is 0 Å². The number of aromatic nitrogens is 1. The van der Waals surface area contributed by atoms with Crippen LogP contribution in [-0.4, -0.2) is 4.98 Å². The molecule has 0 saturated heterocycles. The Morgan fingerprint density at radius 3 is 2.35 bits per heavy atom. The van der Waals surface area contributed by atoms with Crippen LogP contribution in [0, 0.1) is 11.3 Å². The molecule has 0 spiro atoms. The molecule has 0 aliphatic carbocycles. The summed E-state index contributed by atoms with van der Waals surface area (Å²) in [5.74, 6) is 0. The van der Waals surface area contributed by atoms with Crippen molar-refractivity contribution in [2.75, 3.05) is 0 Å². The first-order valence-corrected chi connectivity index (χ1v) is 5.77. The van der Waals surface area contributed by atoms with E-state index in [2.05, 4.69) is 4.98 Å². The molecule has 0 unspecified atom stereocenters. The largest absolute Gasteiger partial charge is 0.245 e. The molecule has 2 rings (SSSR count). The molecule has 0 aliphatic heterocycles. The highest BCUT2D eigenvalue weighted by Crippen LogP contribution is 2.35. The molecule has 0 bridgehead atoms. The van der Waals surface area contributed by atoms with E-state index < -0.39 is 0 Å². The average molecular weight is 284 g/mol. The third-order valence-electron chi connectivity index (χ3n) is 2.21. The van der Waals surface area contributed by atoms with Crippen molar-refractivity contribution in [2.24, 2.45) is 0 Å². The minimum Gasteiger partial charge on any atom is -0.245 e. The monoisotopic (exact) mass is 282 g/mol. The van der Waals surface area contributed by atoms with Crippen LogP contribution >= 0.6 is 34.8 Å². The fourth-order valence-corrected chi connectivity index (χ4v) is 2.03. The summed E-state index contributed by atoms with van der Waals surface area (Å²) < 4.78 is 0. The summed E-state index contributed by atoms with van der Waals surface area (Å²) in [5.41, 5.74) is 1.71. The van der Waals surface area contributed by atoms with E-state index >= 15 is 0 Å². The lowest BCUT2D eigenvalue weighted by atomic mass is 10.0. The maximum absolute atomic E-state index is 8.97. The van der Waals surface area contributed by atoms with Gasteiger partial charge in [0.1, 0.15) is 11.8 Å². The van der Waals surface area contributed by atoms with E-state index in [0.29, 0.717) is 31.9 Å². The van der Waals surface area contributed by atoms with Crippen LogP contribution in [0.25, 0.3) is 11.1 Å². The summed E-state index contributed by atoms with van der Waals surface area (Å²) in [6.07, 6.45) is 1.56. The van der Waals surface area contributed by atoms with Crippen LogP contribution in [0.2, 0.25) is 15.1 Å². The van der Waals surface area contributed by atoms with E-state index in [1.165, 1.54) is 0 Å². The smallest absolute Gasteiger partial charge is 0.148 e. The Hall–Kier alpha value is -1.27. The zero-order valence-electron chi connectivity index (χ0n) is 8.42.